The molecule has 0 bridgehead atoms. The molecule has 3 nitrogen and oxygen atoms in total. The van der Waals surface area contributed by atoms with Gasteiger partial charge in [-0.3, -0.25) is 4.79 Å². The molecule has 0 spiro atoms. The number of ether oxygens (including phenoxy) is 1. The first-order valence-corrected chi connectivity index (χ1v) is 7.86. The molecule has 2 aromatic rings. The average Bonchev–Trinajstić information content (AvgIpc) is 2.62. The van der Waals surface area contributed by atoms with E-state index in [0.29, 0.717) is 5.56 Å². The monoisotopic (exact) mass is 309 g/mol. The topological polar surface area (TPSA) is 29.5 Å². The first-order chi connectivity index (χ1) is 11.2. The van der Waals surface area contributed by atoms with Gasteiger partial charge in [-0.05, 0) is 42.8 Å². The summed E-state index contributed by atoms with van der Waals surface area (Å²) in [6.45, 7) is 6.02. The van der Waals surface area contributed by atoms with Crippen molar-refractivity contribution in [3.05, 3.63) is 72.8 Å². The molecule has 0 heterocycles. The van der Waals surface area contributed by atoms with Crippen LogP contribution in [0.2, 0.25) is 0 Å². The second kappa shape index (κ2) is 8.18. The molecule has 2 rings (SSSR count). The Labute approximate surface area is 138 Å². The second-order valence-corrected chi connectivity index (χ2v) is 5.33. The fourth-order valence-corrected chi connectivity index (χ4v) is 2.57. The van der Waals surface area contributed by atoms with Gasteiger partial charge in [-0.1, -0.05) is 37.6 Å². The largest absolute Gasteiger partial charge is 0.497 e. The summed E-state index contributed by atoms with van der Waals surface area (Å²) < 4.78 is 5.20. The predicted octanol–water partition coefficient (Wildman–Crippen LogP) is 4.70. The summed E-state index contributed by atoms with van der Waals surface area (Å²) in [7, 11) is 1.63. The molecule has 0 unspecified atom stereocenters. The van der Waals surface area contributed by atoms with Crippen LogP contribution < -0.4 is 9.64 Å². The van der Waals surface area contributed by atoms with Crippen molar-refractivity contribution in [2.24, 2.45) is 0 Å². The maximum Gasteiger partial charge on any atom is 0.258 e. The molecule has 0 fully saturated rings. The lowest BCUT2D eigenvalue weighted by Gasteiger charge is -2.30. The number of carbonyl (C=O) groups excluding carboxylic acids is 1. The molecule has 1 amide bonds. The van der Waals surface area contributed by atoms with Crippen molar-refractivity contribution in [3.63, 3.8) is 0 Å². The molecular weight excluding hydrogens is 286 g/mol. The fourth-order valence-electron chi connectivity index (χ4n) is 2.57. The van der Waals surface area contributed by atoms with Gasteiger partial charge in [0.1, 0.15) is 5.75 Å². The minimum absolute atomic E-state index is 0.0193. The minimum Gasteiger partial charge on any atom is -0.497 e. The summed E-state index contributed by atoms with van der Waals surface area (Å²) >= 11 is 0. The quantitative estimate of drug-likeness (QED) is 0.694. The van der Waals surface area contributed by atoms with Gasteiger partial charge >= 0.3 is 0 Å². The van der Waals surface area contributed by atoms with Gasteiger partial charge in [0.05, 0.1) is 13.2 Å². The standard InChI is InChI=1S/C20H23NO2/c1-4-9-17(5-2)21(18-12-14-19(23-3)15-13-18)20(22)16-10-7-6-8-11-16/h5-8,10-15,17H,2,4,9H2,1,3H3/t17-/m0/s1. The highest BCUT2D eigenvalue weighted by Gasteiger charge is 2.23. The SMILES string of the molecule is C=C[C@@H](CCC)N(C(=O)c1ccccc1)c1ccc(OC)cc1. The summed E-state index contributed by atoms with van der Waals surface area (Å²) in [6.07, 6.45) is 3.69. The van der Waals surface area contributed by atoms with E-state index < -0.39 is 0 Å². The molecule has 1 atom stereocenters. The smallest absolute Gasteiger partial charge is 0.258 e. The van der Waals surface area contributed by atoms with E-state index in [9.17, 15) is 4.79 Å². The van der Waals surface area contributed by atoms with E-state index in [1.165, 1.54) is 0 Å². The van der Waals surface area contributed by atoms with E-state index in [-0.39, 0.29) is 11.9 Å². The number of nitrogens with zero attached hydrogens (tertiary/aromatic N) is 1. The lowest BCUT2D eigenvalue weighted by atomic mass is 10.1. The second-order valence-electron chi connectivity index (χ2n) is 5.33. The Morgan fingerprint density at radius 1 is 1.17 bits per heavy atom. The predicted molar refractivity (Wildman–Crippen MR) is 95.1 cm³/mol. The van der Waals surface area contributed by atoms with E-state index in [1.54, 1.807) is 7.11 Å². The molecule has 0 aliphatic heterocycles. The Hall–Kier alpha value is -2.55. The molecule has 0 aliphatic rings. The van der Waals surface area contributed by atoms with Gasteiger partial charge in [-0.2, -0.15) is 0 Å². The maximum absolute atomic E-state index is 13.0. The molecule has 0 aromatic heterocycles. The molecule has 0 radical (unpaired) electrons. The third-order valence-electron chi connectivity index (χ3n) is 3.78. The van der Waals surface area contributed by atoms with Crippen molar-refractivity contribution in [3.8, 4) is 5.75 Å². The van der Waals surface area contributed by atoms with Crippen molar-refractivity contribution < 1.29 is 9.53 Å². The van der Waals surface area contributed by atoms with Crippen LogP contribution in [0.15, 0.2) is 67.3 Å². The van der Waals surface area contributed by atoms with E-state index in [1.807, 2.05) is 65.6 Å². The van der Waals surface area contributed by atoms with Crippen molar-refractivity contribution in [1.82, 2.24) is 0 Å². The molecule has 0 N–H and O–H groups in total. The normalized spacial score (nSPS) is 11.6. The number of amides is 1. The number of carbonyl (C=O) groups is 1. The average molecular weight is 309 g/mol. The Bertz CT molecular complexity index is 634. The zero-order valence-electron chi connectivity index (χ0n) is 13.7. The molecule has 23 heavy (non-hydrogen) atoms. The van der Waals surface area contributed by atoms with Crippen LogP contribution in [0.4, 0.5) is 5.69 Å². The summed E-state index contributed by atoms with van der Waals surface area (Å²) in [5.41, 5.74) is 1.52. The summed E-state index contributed by atoms with van der Waals surface area (Å²) in [5, 5.41) is 0. The Morgan fingerprint density at radius 3 is 2.35 bits per heavy atom. The third-order valence-corrected chi connectivity index (χ3v) is 3.78. The van der Waals surface area contributed by atoms with E-state index in [0.717, 1.165) is 24.3 Å². The highest BCUT2D eigenvalue weighted by Crippen LogP contribution is 2.25. The zero-order valence-corrected chi connectivity index (χ0v) is 13.7. The molecule has 0 aliphatic carbocycles. The molecule has 2 aromatic carbocycles. The van der Waals surface area contributed by atoms with Crippen LogP contribution in [-0.4, -0.2) is 19.1 Å². The molecule has 0 saturated carbocycles. The maximum atomic E-state index is 13.0. The summed E-state index contributed by atoms with van der Waals surface area (Å²) in [5.74, 6) is 0.751. The highest BCUT2D eigenvalue weighted by molar-refractivity contribution is 6.06. The van der Waals surface area contributed by atoms with Crippen LogP contribution >= 0.6 is 0 Å². The zero-order chi connectivity index (χ0) is 16.7. The van der Waals surface area contributed by atoms with E-state index in [2.05, 4.69) is 13.5 Å². The van der Waals surface area contributed by atoms with Crippen LogP contribution in [-0.2, 0) is 0 Å². The van der Waals surface area contributed by atoms with Crippen molar-refractivity contribution in [1.29, 1.82) is 0 Å². The van der Waals surface area contributed by atoms with Gasteiger partial charge in [0, 0.05) is 11.3 Å². The number of anilines is 1. The fraction of sp³-hybridized carbons (Fsp3) is 0.250. The lowest BCUT2D eigenvalue weighted by molar-refractivity contribution is 0.0980. The minimum atomic E-state index is -0.0406. The number of hydrogen-bond acceptors (Lipinski definition) is 2. The van der Waals surface area contributed by atoms with Gasteiger partial charge < -0.3 is 9.64 Å². The number of benzene rings is 2. The van der Waals surface area contributed by atoms with Gasteiger partial charge in [-0.15, -0.1) is 6.58 Å². The number of hydrogen-bond donors (Lipinski definition) is 0. The lowest BCUT2D eigenvalue weighted by Crippen LogP contribution is -2.39. The van der Waals surface area contributed by atoms with Crippen LogP contribution in [0, 0.1) is 0 Å². The Morgan fingerprint density at radius 2 is 1.83 bits per heavy atom. The van der Waals surface area contributed by atoms with Crippen LogP contribution in [0.25, 0.3) is 0 Å². The van der Waals surface area contributed by atoms with E-state index in [4.69, 9.17) is 4.74 Å². The van der Waals surface area contributed by atoms with Crippen molar-refractivity contribution in [2.45, 2.75) is 25.8 Å². The van der Waals surface area contributed by atoms with E-state index >= 15 is 0 Å². The Kier molecular flexibility index (Phi) is 5.98. The van der Waals surface area contributed by atoms with Crippen LogP contribution in [0.3, 0.4) is 0 Å². The number of rotatable bonds is 7. The highest BCUT2D eigenvalue weighted by atomic mass is 16.5. The van der Waals surface area contributed by atoms with Crippen molar-refractivity contribution in [2.75, 3.05) is 12.0 Å². The molecular formula is C20H23NO2. The Balaban J connectivity index is 2.41. The van der Waals surface area contributed by atoms with Crippen LogP contribution in [0.5, 0.6) is 5.75 Å². The third kappa shape index (κ3) is 4.01. The summed E-state index contributed by atoms with van der Waals surface area (Å²) in [6, 6.07) is 16.9. The van der Waals surface area contributed by atoms with Crippen molar-refractivity contribution >= 4 is 11.6 Å². The first-order valence-electron chi connectivity index (χ1n) is 7.86. The first kappa shape index (κ1) is 16.8. The summed E-state index contributed by atoms with van der Waals surface area (Å²) in [4.78, 5) is 14.8. The van der Waals surface area contributed by atoms with Crippen LogP contribution in [0.1, 0.15) is 30.1 Å². The molecule has 0 saturated heterocycles. The van der Waals surface area contributed by atoms with Gasteiger partial charge in [0.15, 0.2) is 0 Å². The van der Waals surface area contributed by atoms with Gasteiger partial charge in [0.25, 0.3) is 5.91 Å². The molecule has 120 valence electrons. The van der Waals surface area contributed by atoms with Gasteiger partial charge in [0.2, 0.25) is 0 Å². The van der Waals surface area contributed by atoms with Gasteiger partial charge in [-0.25, -0.2) is 0 Å². The molecule has 3 heteroatoms. The number of methoxy groups -OCH3 is 1.